The van der Waals surface area contributed by atoms with Crippen molar-refractivity contribution in [1.29, 1.82) is 0 Å². The van der Waals surface area contributed by atoms with Gasteiger partial charge in [-0.1, -0.05) is 192 Å². The Labute approximate surface area is 376 Å². The van der Waals surface area contributed by atoms with Gasteiger partial charge in [0.1, 0.15) is 0 Å². The highest BCUT2D eigenvalue weighted by Gasteiger charge is 2.15. The summed E-state index contributed by atoms with van der Waals surface area (Å²) in [7, 11) is 0. The van der Waals surface area contributed by atoms with Gasteiger partial charge in [-0.25, -0.2) is 15.0 Å². The van der Waals surface area contributed by atoms with Gasteiger partial charge in [0.15, 0.2) is 17.5 Å². The van der Waals surface area contributed by atoms with Crippen LogP contribution in [-0.4, -0.2) is 19.9 Å². The summed E-state index contributed by atoms with van der Waals surface area (Å²) in [6, 6.07) is 49.5. The topological polar surface area (TPSA) is 51.6 Å². The maximum absolute atomic E-state index is 5.08. The van der Waals surface area contributed by atoms with E-state index in [0.717, 1.165) is 50.9 Å². The summed E-state index contributed by atoms with van der Waals surface area (Å²) in [4.78, 5) is 19.3. The average Bonchev–Trinajstić information content (AvgIpc) is 3.61. The number of aromatic nitrogens is 4. The van der Waals surface area contributed by atoms with E-state index in [0.29, 0.717) is 17.5 Å². The number of allylic oxidation sites excluding steroid dienone is 7. The van der Waals surface area contributed by atoms with E-state index in [1.807, 2.05) is 114 Å². The van der Waals surface area contributed by atoms with Crippen LogP contribution in [-0.2, 0) is 0 Å². The highest BCUT2D eigenvalue weighted by molar-refractivity contribution is 6.92. The van der Waals surface area contributed by atoms with Crippen LogP contribution in [0.5, 0.6) is 0 Å². The van der Waals surface area contributed by atoms with Gasteiger partial charge in [0.05, 0.1) is 0 Å². The lowest BCUT2D eigenvalue weighted by Gasteiger charge is -2.14. The summed E-state index contributed by atoms with van der Waals surface area (Å²) in [5, 5.41) is 2.52. The second kappa shape index (κ2) is 22.6. The van der Waals surface area contributed by atoms with Crippen LogP contribution in [0.4, 0.5) is 0 Å². The number of pyridine rings is 1. The average molecular weight is 839 g/mol. The van der Waals surface area contributed by atoms with Crippen LogP contribution in [0.2, 0.25) is 0 Å². The summed E-state index contributed by atoms with van der Waals surface area (Å²) < 4.78 is 0. The first-order chi connectivity index (χ1) is 30.7. The molecule has 1 aliphatic rings. The van der Waals surface area contributed by atoms with E-state index in [2.05, 4.69) is 132 Å². The van der Waals surface area contributed by atoms with Crippen LogP contribution in [0.15, 0.2) is 194 Å². The Kier molecular flexibility index (Phi) is 16.3. The first kappa shape index (κ1) is 45.4. The Morgan fingerprint density at radius 3 is 1.67 bits per heavy atom. The van der Waals surface area contributed by atoms with E-state index in [9.17, 15) is 0 Å². The molecule has 0 saturated heterocycles. The van der Waals surface area contributed by atoms with Crippen molar-refractivity contribution in [2.24, 2.45) is 0 Å². The number of rotatable bonds is 9. The normalized spacial score (nSPS) is 11.7. The van der Waals surface area contributed by atoms with Gasteiger partial charge in [0, 0.05) is 23.5 Å². The molecule has 5 heteroatoms. The van der Waals surface area contributed by atoms with Gasteiger partial charge < -0.3 is 0 Å². The molecule has 0 radical (unpaired) electrons. The number of nitrogens with zero attached hydrogens (tertiary/aromatic N) is 4. The summed E-state index contributed by atoms with van der Waals surface area (Å²) in [5.74, 6) is 1.82. The molecule has 0 N–H and O–H groups in total. The molecular weight excluding hydrogens is 784 g/mol. The maximum atomic E-state index is 5.08. The molecular formula is C58H55N4P. The van der Waals surface area contributed by atoms with Crippen molar-refractivity contribution in [3.8, 4) is 67.3 Å². The van der Waals surface area contributed by atoms with Gasteiger partial charge in [-0.3, -0.25) is 4.98 Å². The molecule has 0 aliphatic heterocycles. The molecule has 0 spiro atoms. The lowest BCUT2D eigenvalue weighted by atomic mass is 9.90. The Morgan fingerprint density at radius 2 is 1.02 bits per heavy atom. The van der Waals surface area contributed by atoms with E-state index < -0.39 is 0 Å². The monoisotopic (exact) mass is 838 g/mol. The third-order valence-corrected chi connectivity index (χ3v) is 10.4. The summed E-state index contributed by atoms with van der Waals surface area (Å²) in [6.45, 7) is 10.00. The molecule has 0 amide bonds. The van der Waals surface area contributed by atoms with Crippen molar-refractivity contribution in [1.82, 2.24) is 19.9 Å². The summed E-state index contributed by atoms with van der Waals surface area (Å²) >= 11 is 0. The van der Waals surface area contributed by atoms with Gasteiger partial charge in [0.2, 0.25) is 0 Å². The van der Waals surface area contributed by atoms with Crippen LogP contribution in [0.3, 0.4) is 0 Å². The van der Waals surface area contributed by atoms with Gasteiger partial charge in [-0.15, -0.1) is 0 Å². The predicted octanol–water partition coefficient (Wildman–Crippen LogP) is 16.1. The zero-order valence-electron chi connectivity index (χ0n) is 36.9. The minimum atomic E-state index is 0. The van der Waals surface area contributed by atoms with Gasteiger partial charge >= 0.3 is 0 Å². The molecule has 2 aromatic heterocycles. The first-order valence-electron chi connectivity index (χ1n) is 21.6. The van der Waals surface area contributed by atoms with E-state index in [1.165, 1.54) is 33.0 Å². The van der Waals surface area contributed by atoms with Crippen molar-refractivity contribution >= 4 is 38.9 Å². The van der Waals surface area contributed by atoms with Crippen molar-refractivity contribution in [2.45, 2.75) is 41.0 Å². The second-order valence-corrected chi connectivity index (χ2v) is 14.2. The van der Waals surface area contributed by atoms with Crippen LogP contribution < -0.4 is 0 Å². The Balaban J connectivity index is 0.00000129. The van der Waals surface area contributed by atoms with Crippen molar-refractivity contribution < 1.29 is 0 Å². The Hall–Kier alpha value is -7.13. The lowest BCUT2D eigenvalue weighted by molar-refractivity contribution is 1.04. The molecule has 0 bridgehead atoms. The highest BCUT2D eigenvalue weighted by Crippen LogP contribution is 2.38. The molecule has 2 heterocycles. The summed E-state index contributed by atoms with van der Waals surface area (Å²) in [5.41, 5.74) is 13.3. The largest absolute Gasteiger partial charge is 0.264 e. The lowest BCUT2D eigenvalue weighted by Crippen LogP contribution is -2.00. The zero-order valence-corrected chi connectivity index (χ0v) is 38.3. The molecule has 9 rings (SSSR count). The molecule has 8 aromatic rings. The molecule has 312 valence electrons. The van der Waals surface area contributed by atoms with Crippen LogP contribution in [0.25, 0.3) is 96.3 Å². The zero-order chi connectivity index (χ0) is 43.1. The quantitative estimate of drug-likeness (QED) is 0.107. The second-order valence-electron chi connectivity index (χ2n) is 14.2. The van der Waals surface area contributed by atoms with Gasteiger partial charge in [-0.05, 0) is 116 Å². The number of hydrogen-bond donors (Lipinski definition) is 0. The molecule has 6 aromatic carbocycles. The smallest absolute Gasteiger partial charge is 0.164 e. The third-order valence-electron chi connectivity index (χ3n) is 10.4. The molecule has 1 atom stereocenters. The molecule has 63 heavy (non-hydrogen) atoms. The Morgan fingerprint density at radius 1 is 0.460 bits per heavy atom. The SMILES string of the molecule is CC.CC.C\C=C/C=C\C=C\c1nc(-c2ccccc2)nc(-c2cc(-c3ccc(-c4cccnc4)cc3)cc(-c3ccc(-c4cc5c(c6ccccc46)C=CCC=C5)cc3)c2)n1.P. The third kappa shape index (κ3) is 10.9. The number of fused-ring (bicyclic) bond motifs is 3. The van der Waals surface area contributed by atoms with E-state index in [1.54, 1.807) is 6.20 Å². The highest BCUT2D eigenvalue weighted by atomic mass is 31.0. The fourth-order valence-electron chi connectivity index (χ4n) is 7.46. The van der Waals surface area contributed by atoms with E-state index in [-0.39, 0.29) is 9.90 Å². The van der Waals surface area contributed by atoms with Crippen molar-refractivity contribution in [2.75, 3.05) is 0 Å². The van der Waals surface area contributed by atoms with Gasteiger partial charge in [-0.2, -0.15) is 9.90 Å². The van der Waals surface area contributed by atoms with Crippen LogP contribution >= 0.6 is 9.90 Å². The molecule has 4 nitrogen and oxygen atoms in total. The van der Waals surface area contributed by atoms with Crippen LogP contribution in [0, 0.1) is 0 Å². The van der Waals surface area contributed by atoms with E-state index >= 15 is 0 Å². The maximum Gasteiger partial charge on any atom is 0.164 e. The van der Waals surface area contributed by atoms with E-state index in [4.69, 9.17) is 15.0 Å². The molecule has 1 aliphatic carbocycles. The standard InChI is InChI=1S/C54H40N4.2C2H6.H3P/c1-2-3-4-5-12-23-52-56-53(42-16-8-6-9-17-42)58-54(57-52)47-34-45(39-26-24-38(25-27-39)44-19-15-32-55-37-44)33-46(35-47)40-28-30-41(31-29-40)51-36-43-18-10-7-11-20-48(43)49-21-13-14-22-50(49)51;2*1-2;/h2-6,8-37H,7H2,1H3;2*1-2H3;1H3/b3-2-,5-4-,23-12+;;;. The molecule has 0 saturated carbocycles. The summed E-state index contributed by atoms with van der Waals surface area (Å²) in [6.07, 6.45) is 25.5. The first-order valence-corrected chi connectivity index (χ1v) is 21.6. The fourth-order valence-corrected chi connectivity index (χ4v) is 7.46. The molecule has 0 fully saturated rings. The Bertz CT molecular complexity index is 2890. The fraction of sp³-hybridized carbons (Fsp3) is 0.103. The van der Waals surface area contributed by atoms with Crippen molar-refractivity contribution in [3.63, 3.8) is 0 Å². The van der Waals surface area contributed by atoms with Crippen LogP contribution in [0.1, 0.15) is 58.0 Å². The number of hydrogen-bond acceptors (Lipinski definition) is 4. The number of benzene rings is 6. The predicted molar refractivity (Wildman–Crippen MR) is 277 cm³/mol. The minimum absolute atomic E-state index is 0. The van der Waals surface area contributed by atoms with Gasteiger partial charge in [0.25, 0.3) is 0 Å². The molecule has 1 unspecified atom stereocenters. The minimum Gasteiger partial charge on any atom is -0.264 e. The van der Waals surface area contributed by atoms with Crippen molar-refractivity contribution in [3.05, 3.63) is 211 Å².